The zero-order valence-corrected chi connectivity index (χ0v) is 9.08. The van der Waals surface area contributed by atoms with E-state index in [-0.39, 0.29) is 5.41 Å². The number of nitrogens with zero attached hydrogens (tertiary/aromatic N) is 1. The van der Waals surface area contributed by atoms with Gasteiger partial charge in [0.05, 0.1) is 5.71 Å². The maximum atomic E-state index is 8.98. The summed E-state index contributed by atoms with van der Waals surface area (Å²) in [7, 11) is 0. The highest BCUT2D eigenvalue weighted by Crippen LogP contribution is 2.45. The molecule has 1 saturated carbocycles. The first-order valence-corrected chi connectivity index (χ1v) is 5.58. The molecule has 0 aliphatic heterocycles. The molecule has 2 aliphatic rings. The molecule has 0 spiro atoms. The van der Waals surface area contributed by atoms with Crippen LogP contribution in [0.25, 0.3) is 0 Å². The van der Waals surface area contributed by atoms with Crippen molar-refractivity contribution in [3.63, 3.8) is 0 Å². The Hall–Kier alpha value is -0.790. The van der Waals surface area contributed by atoms with Crippen LogP contribution in [-0.4, -0.2) is 10.9 Å². The summed E-state index contributed by atoms with van der Waals surface area (Å²) >= 11 is 0. The summed E-state index contributed by atoms with van der Waals surface area (Å²) in [6.45, 7) is 4.37. The minimum atomic E-state index is -0.00190. The van der Waals surface area contributed by atoms with E-state index in [0.717, 1.165) is 18.1 Å². The van der Waals surface area contributed by atoms with Crippen molar-refractivity contribution in [2.75, 3.05) is 0 Å². The summed E-state index contributed by atoms with van der Waals surface area (Å²) in [5.74, 6) is 0.754. The molecule has 14 heavy (non-hydrogen) atoms. The SMILES string of the molecule is CC1(C)C2=CCCCC2CC/C1=N\O. The van der Waals surface area contributed by atoms with E-state index in [1.807, 2.05) is 0 Å². The fourth-order valence-corrected chi connectivity index (χ4v) is 2.97. The first-order chi connectivity index (χ1) is 6.66. The van der Waals surface area contributed by atoms with Crippen molar-refractivity contribution >= 4 is 5.71 Å². The highest BCUT2D eigenvalue weighted by molar-refractivity contribution is 5.93. The molecule has 0 aromatic rings. The van der Waals surface area contributed by atoms with E-state index in [2.05, 4.69) is 25.1 Å². The van der Waals surface area contributed by atoms with Gasteiger partial charge in [-0.3, -0.25) is 0 Å². The largest absolute Gasteiger partial charge is 0.411 e. The van der Waals surface area contributed by atoms with Gasteiger partial charge < -0.3 is 5.21 Å². The number of allylic oxidation sites excluding steroid dienone is 2. The van der Waals surface area contributed by atoms with Crippen LogP contribution >= 0.6 is 0 Å². The van der Waals surface area contributed by atoms with Crippen molar-refractivity contribution in [3.8, 4) is 0 Å². The van der Waals surface area contributed by atoms with E-state index >= 15 is 0 Å². The zero-order chi connectivity index (χ0) is 10.2. The minimum absolute atomic E-state index is 0.00190. The topological polar surface area (TPSA) is 32.6 Å². The highest BCUT2D eigenvalue weighted by atomic mass is 16.4. The third-order valence-corrected chi connectivity index (χ3v) is 3.85. The Morgan fingerprint density at radius 3 is 2.93 bits per heavy atom. The van der Waals surface area contributed by atoms with Crippen LogP contribution in [0.2, 0.25) is 0 Å². The molecule has 0 bridgehead atoms. The van der Waals surface area contributed by atoms with Crippen molar-refractivity contribution in [2.24, 2.45) is 16.5 Å². The maximum absolute atomic E-state index is 8.98. The van der Waals surface area contributed by atoms with Gasteiger partial charge >= 0.3 is 0 Å². The molecule has 1 fully saturated rings. The Balaban J connectivity index is 2.35. The lowest BCUT2D eigenvalue weighted by molar-refractivity contribution is 0.297. The van der Waals surface area contributed by atoms with Crippen molar-refractivity contribution < 1.29 is 5.21 Å². The van der Waals surface area contributed by atoms with Gasteiger partial charge in [-0.25, -0.2) is 0 Å². The van der Waals surface area contributed by atoms with Gasteiger partial charge in [0.1, 0.15) is 0 Å². The Labute approximate surface area is 85.7 Å². The first kappa shape index (κ1) is 9.75. The molecule has 1 N–H and O–H groups in total. The Morgan fingerprint density at radius 2 is 2.21 bits per heavy atom. The van der Waals surface area contributed by atoms with Crippen LogP contribution in [0.4, 0.5) is 0 Å². The van der Waals surface area contributed by atoms with E-state index in [9.17, 15) is 0 Å². The molecule has 0 saturated heterocycles. The van der Waals surface area contributed by atoms with E-state index in [1.54, 1.807) is 0 Å². The van der Waals surface area contributed by atoms with Gasteiger partial charge in [-0.15, -0.1) is 0 Å². The lowest BCUT2D eigenvalue weighted by Gasteiger charge is -2.41. The van der Waals surface area contributed by atoms with Gasteiger partial charge in [-0.2, -0.15) is 0 Å². The van der Waals surface area contributed by atoms with Gasteiger partial charge in [0.25, 0.3) is 0 Å². The normalized spacial score (nSPS) is 33.7. The second-order valence-corrected chi connectivity index (χ2v) is 5.00. The number of hydrogen-bond donors (Lipinski definition) is 1. The third kappa shape index (κ3) is 1.37. The Morgan fingerprint density at radius 1 is 1.43 bits per heavy atom. The van der Waals surface area contributed by atoms with E-state index in [1.165, 1.54) is 31.3 Å². The van der Waals surface area contributed by atoms with Gasteiger partial charge in [-0.1, -0.05) is 30.7 Å². The van der Waals surface area contributed by atoms with Crippen LogP contribution in [0.5, 0.6) is 0 Å². The molecular weight excluding hydrogens is 174 g/mol. The van der Waals surface area contributed by atoms with Crippen molar-refractivity contribution in [2.45, 2.75) is 46.0 Å². The summed E-state index contributed by atoms with van der Waals surface area (Å²) in [6.07, 6.45) is 8.37. The molecule has 2 rings (SSSR count). The van der Waals surface area contributed by atoms with Crippen LogP contribution in [-0.2, 0) is 0 Å². The second kappa shape index (κ2) is 3.41. The van der Waals surface area contributed by atoms with E-state index in [4.69, 9.17) is 5.21 Å². The molecule has 0 aromatic heterocycles. The van der Waals surface area contributed by atoms with Gasteiger partial charge in [-0.05, 0) is 38.0 Å². The van der Waals surface area contributed by atoms with E-state index in [0.29, 0.717) is 0 Å². The van der Waals surface area contributed by atoms with Crippen LogP contribution in [0.3, 0.4) is 0 Å². The molecule has 2 heteroatoms. The van der Waals surface area contributed by atoms with Crippen LogP contribution < -0.4 is 0 Å². The average Bonchev–Trinajstić information content (AvgIpc) is 2.18. The first-order valence-electron chi connectivity index (χ1n) is 5.58. The molecule has 0 radical (unpaired) electrons. The fraction of sp³-hybridized carbons (Fsp3) is 0.750. The number of oxime groups is 1. The summed E-state index contributed by atoms with van der Waals surface area (Å²) < 4.78 is 0. The second-order valence-electron chi connectivity index (χ2n) is 5.00. The molecule has 78 valence electrons. The predicted octanol–water partition coefficient (Wildman–Crippen LogP) is 3.36. The number of rotatable bonds is 0. The van der Waals surface area contributed by atoms with Gasteiger partial charge in [0.15, 0.2) is 0 Å². The Kier molecular flexibility index (Phi) is 2.38. The summed E-state index contributed by atoms with van der Waals surface area (Å²) in [5.41, 5.74) is 2.47. The summed E-state index contributed by atoms with van der Waals surface area (Å²) in [4.78, 5) is 0. The molecule has 2 nitrogen and oxygen atoms in total. The quantitative estimate of drug-likeness (QED) is 0.357. The van der Waals surface area contributed by atoms with Crippen LogP contribution in [0.1, 0.15) is 46.0 Å². The Bertz CT molecular complexity index is 289. The molecule has 2 aliphatic carbocycles. The molecular formula is C12H19NO. The van der Waals surface area contributed by atoms with Crippen molar-refractivity contribution in [1.82, 2.24) is 0 Å². The van der Waals surface area contributed by atoms with Crippen LogP contribution in [0.15, 0.2) is 16.8 Å². The van der Waals surface area contributed by atoms with E-state index < -0.39 is 0 Å². The average molecular weight is 193 g/mol. The van der Waals surface area contributed by atoms with Gasteiger partial charge in [0, 0.05) is 5.41 Å². The van der Waals surface area contributed by atoms with Crippen molar-refractivity contribution in [1.29, 1.82) is 0 Å². The number of hydrogen-bond acceptors (Lipinski definition) is 2. The number of fused-ring (bicyclic) bond motifs is 1. The highest BCUT2D eigenvalue weighted by Gasteiger charge is 2.39. The summed E-state index contributed by atoms with van der Waals surface area (Å²) in [5, 5.41) is 12.4. The molecule has 1 atom stereocenters. The lowest BCUT2D eigenvalue weighted by Crippen LogP contribution is -2.36. The molecule has 0 amide bonds. The lowest BCUT2D eigenvalue weighted by atomic mass is 9.63. The molecule has 1 unspecified atom stereocenters. The molecule has 0 aromatic carbocycles. The van der Waals surface area contributed by atoms with Gasteiger partial charge in [0.2, 0.25) is 0 Å². The third-order valence-electron chi connectivity index (χ3n) is 3.85. The maximum Gasteiger partial charge on any atom is 0.0667 e. The molecule has 0 heterocycles. The minimum Gasteiger partial charge on any atom is -0.411 e. The predicted molar refractivity (Wildman–Crippen MR) is 57.7 cm³/mol. The smallest absolute Gasteiger partial charge is 0.0667 e. The standard InChI is InChI=1S/C12H19NO/c1-12(2)10-6-4-3-5-9(10)7-8-11(12)13-14/h6,9,14H,3-5,7-8H2,1-2H3/b13-11+. The zero-order valence-electron chi connectivity index (χ0n) is 9.08. The van der Waals surface area contributed by atoms with Crippen LogP contribution in [0, 0.1) is 11.3 Å². The summed E-state index contributed by atoms with van der Waals surface area (Å²) in [6, 6.07) is 0. The monoisotopic (exact) mass is 193 g/mol. The van der Waals surface area contributed by atoms with Crippen molar-refractivity contribution in [3.05, 3.63) is 11.6 Å². The fourth-order valence-electron chi connectivity index (χ4n) is 2.97.